The lowest BCUT2D eigenvalue weighted by Gasteiger charge is -2.16. The molecule has 0 bridgehead atoms. The number of carbonyl (C=O) groups is 1. The number of carbonyl (C=O) groups excluding carboxylic acids is 1. The van der Waals surface area contributed by atoms with E-state index in [0.29, 0.717) is 5.56 Å². The molecule has 0 aliphatic carbocycles. The van der Waals surface area contributed by atoms with E-state index in [1.807, 2.05) is 20.8 Å². The Balaban J connectivity index is 2.37. The fourth-order valence-corrected chi connectivity index (χ4v) is 3.92. The zero-order valence-electron chi connectivity index (χ0n) is 15.2. The van der Waals surface area contributed by atoms with Gasteiger partial charge in [-0.2, -0.15) is 0 Å². The van der Waals surface area contributed by atoms with Crippen LogP contribution in [-0.2, 0) is 14.8 Å². The summed E-state index contributed by atoms with van der Waals surface area (Å²) in [6.07, 6.45) is 0. The summed E-state index contributed by atoms with van der Waals surface area (Å²) in [7, 11) is -3.98. The predicted molar refractivity (Wildman–Crippen MR) is 98.4 cm³/mol. The maximum atomic E-state index is 14.3. The van der Waals surface area contributed by atoms with E-state index in [-0.39, 0.29) is 28.7 Å². The molecule has 140 valence electrons. The fraction of sp³-hybridized carbons (Fsp3) is 0.316. The predicted octanol–water partition coefficient (Wildman–Crippen LogP) is 4.24. The molecule has 1 N–H and O–H groups in total. The number of ether oxygens (including phenoxy) is 1. The summed E-state index contributed by atoms with van der Waals surface area (Å²) in [5.74, 6) is -1.53. The molecule has 0 saturated carbocycles. The average molecular weight is 379 g/mol. The summed E-state index contributed by atoms with van der Waals surface area (Å²) in [5.41, 5.74) is 1.39. The van der Waals surface area contributed by atoms with Gasteiger partial charge in [-0.05, 0) is 49.6 Å². The molecule has 0 heterocycles. The number of esters is 1. The number of nitrogens with one attached hydrogen (secondary N) is 1. The van der Waals surface area contributed by atoms with Crippen molar-refractivity contribution in [3.63, 3.8) is 0 Å². The number of sulfonamides is 1. The van der Waals surface area contributed by atoms with Crippen molar-refractivity contribution in [2.24, 2.45) is 0 Å². The summed E-state index contributed by atoms with van der Waals surface area (Å²) in [6.45, 7) is 7.47. The van der Waals surface area contributed by atoms with Crippen molar-refractivity contribution in [2.75, 3.05) is 11.3 Å². The van der Waals surface area contributed by atoms with Crippen LogP contribution >= 0.6 is 0 Å². The third-order valence-electron chi connectivity index (χ3n) is 3.80. The third-order valence-corrected chi connectivity index (χ3v) is 5.24. The van der Waals surface area contributed by atoms with Gasteiger partial charge in [-0.1, -0.05) is 31.5 Å². The largest absolute Gasteiger partial charge is 0.462 e. The van der Waals surface area contributed by atoms with E-state index in [1.165, 1.54) is 18.2 Å². The minimum Gasteiger partial charge on any atom is -0.462 e. The van der Waals surface area contributed by atoms with Crippen LogP contribution in [0.25, 0.3) is 0 Å². The molecule has 26 heavy (non-hydrogen) atoms. The fourth-order valence-electron chi connectivity index (χ4n) is 2.50. The summed E-state index contributed by atoms with van der Waals surface area (Å²) in [6, 6.07) is 8.49. The Morgan fingerprint density at radius 2 is 1.88 bits per heavy atom. The van der Waals surface area contributed by atoms with Crippen molar-refractivity contribution < 1.29 is 22.3 Å². The molecule has 7 heteroatoms. The number of halogens is 1. The molecule has 0 aliphatic rings. The number of hydrogen-bond acceptors (Lipinski definition) is 4. The van der Waals surface area contributed by atoms with Crippen LogP contribution in [0.4, 0.5) is 10.1 Å². The first-order valence-electron chi connectivity index (χ1n) is 8.25. The van der Waals surface area contributed by atoms with Crippen molar-refractivity contribution in [3.05, 3.63) is 58.9 Å². The number of hydrogen-bond donors (Lipinski definition) is 1. The molecule has 0 fully saturated rings. The van der Waals surface area contributed by atoms with Crippen LogP contribution < -0.4 is 4.72 Å². The SMILES string of the molecule is CCOC(=O)c1ccc(NS(=O)(=O)c2ccc(C)cc2C(C)C)c(F)c1. The van der Waals surface area contributed by atoms with Gasteiger partial charge in [-0.15, -0.1) is 0 Å². The van der Waals surface area contributed by atoms with Gasteiger partial charge >= 0.3 is 5.97 Å². The lowest BCUT2D eigenvalue weighted by atomic mass is 10.0. The van der Waals surface area contributed by atoms with Crippen LogP contribution in [0.3, 0.4) is 0 Å². The lowest BCUT2D eigenvalue weighted by molar-refractivity contribution is 0.0526. The Hall–Kier alpha value is -2.41. The van der Waals surface area contributed by atoms with E-state index >= 15 is 0 Å². The van der Waals surface area contributed by atoms with Gasteiger partial charge in [-0.25, -0.2) is 17.6 Å². The smallest absolute Gasteiger partial charge is 0.338 e. The Morgan fingerprint density at radius 3 is 2.46 bits per heavy atom. The Labute approximate surface area is 153 Å². The van der Waals surface area contributed by atoms with Crippen LogP contribution in [-0.4, -0.2) is 21.0 Å². The Morgan fingerprint density at radius 1 is 1.19 bits per heavy atom. The molecule has 2 aromatic carbocycles. The summed E-state index contributed by atoms with van der Waals surface area (Å²) >= 11 is 0. The summed E-state index contributed by atoms with van der Waals surface area (Å²) < 4.78 is 46.8. The summed E-state index contributed by atoms with van der Waals surface area (Å²) in [4.78, 5) is 11.7. The zero-order valence-corrected chi connectivity index (χ0v) is 16.0. The average Bonchev–Trinajstić information content (AvgIpc) is 2.56. The number of anilines is 1. The van der Waals surface area contributed by atoms with Gasteiger partial charge in [0.1, 0.15) is 5.82 Å². The van der Waals surface area contributed by atoms with Crippen molar-refractivity contribution in [1.29, 1.82) is 0 Å². The van der Waals surface area contributed by atoms with Crippen LogP contribution in [0.15, 0.2) is 41.3 Å². The van der Waals surface area contributed by atoms with Crippen molar-refractivity contribution >= 4 is 21.7 Å². The first kappa shape index (κ1) is 19.9. The minimum atomic E-state index is -3.98. The van der Waals surface area contributed by atoms with E-state index in [1.54, 1.807) is 19.1 Å². The first-order chi connectivity index (χ1) is 12.2. The quantitative estimate of drug-likeness (QED) is 0.762. The van der Waals surface area contributed by atoms with Gasteiger partial charge < -0.3 is 4.74 Å². The molecule has 0 saturated heterocycles. The van der Waals surface area contributed by atoms with Gasteiger partial charge in [-0.3, -0.25) is 4.72 Å². The van der Waals surface area contributed by atoms with Crippen molar-refractivity contribution in [2.45, 2.75) is 38.5 Å². The minimum absolute atomic E-state index is 0.0162. The van der Waals surface area contributed by atoms with Gasteiger partial charge in [0.05, 0.1) is 22.8 Å². The summed E-state index contributed by atoms with van der Waals surface area (Å²) in [5, 5.41) is 0. The van der Waals surface area contributed by atoms with Crippen LogP contribution in [0, 0.1) is 12.7 Å². The molecule has 2 aromatic rings. The molecule has 0 aliphatic heterocycles. The van der Waals surface area contributed by atoms with E-state index in [0.717, 1.165) is 11.6 Å². The molecule has 0 radical (unpaired) electrons. The van der Waals surface area contributed by atoms with E-state index in [4.69, 9.17) is 4.74 Å². The number of aryl methyl sites for hydroxylation is 1. The molecule has 2 rings (SSSR count). The lowest BCUT2D eigenvalue weighted by Crippen LogP contribution is -2.17. The van der Waals surface area contributed by atoms with Crippen molar-refractivity contribution in [1.82, 2.24) is 0 Å². The zero-order chi connectivity index (χ0) is 19.5. The standard InChI is InChI=1S/C19H22FNO4S/c1-5-25-19(22)14-7-8-17(16(20)11-14)21-26(23,24)18-9-6-13(4)10-15(18)12(2)3/h6-12,21H,5H2,1-4H3. The van der Waals surface area contributed by atoms with Crippen LogP contribution in [0.1, 0.15) is 48.2 Å². The Bertz CT molecular complexity index is 923. The normalized spacial score (nSPS) is 11.5. The van der Waals surface area contributed by atoms with Crippen LogP contribution in [0.2, 0.25) is 0 Å². The van der Waals surface area contributed by atoms with E-state index in [9.17, 15) is 17.6 Å². The Kier molecular flexibility index (Phi) is 6.02. The van der Waals surface area contributed by atoms with Gasteiger partial charge in [0.15, 0.2) is 0 Å². The number of rotatable bonds is 6. The van der Waals surface area contributed by atoms with Crippen LogP contribution in [0.5, 0.6) is 0 Å². The molecular formula is C19H22FNO4S. The second kappa shape index (κ2) is 7.86. The maximum absolute atomic E-state index is 14.3. The second-order valence-electron chi connectivity index (χ2n) is 6.22. The highest BCUT2D eigenvalue weighted by Crippen LogP contribution is 2.27. The van der Waals surface area contributed by atoms with Crippen molar-refractivity contribution in [3.8, 4) is 0 Å². The molecule has 0 aromatic heterocycles. The topological polar surface area (TPSA) is 72.5 Å². The van der Waals surface area contributed by atoms with E-state index < -0.39 is 21.8 Å². The van der Waals surface area contributed by atoms with Gasteiger partial charge in [0, 0.05) is 0 Å². The second-order valence-corrected chi connectivity index (χ2v) is 7.87. The molecule has 0 atom stereocenters. The third kappa shape index (κ3) is 4.40. The van der Waals surface area contributed by atoms with E-state index in [2.05, 4.69) is 4.72 Å². The van der Waals surface area contributed by atoms with Gasteiger partial charge in [0.25, 0.3) is 10.0 Å². The molecular weight excluding hydrogens is 357 g/mol. The molecule has 0 amide bonds. The molecule has 0 unspecified atom stereocenters. The monoisotopic (exact) mass is 379 g/mol. The van der Waals surface area contributed by atoms with Gasteiger partial charge in [0.2, 0.25) is 0 Å². The number of benzene rings is 2. The molecule has 5 nitrogen and oxygen atoms in total. The first-order valence-corrected chi connectivity index (χ1v) is 9.74. The highest BCUT2D eigenvalue weighted by Gasteiger charge is 2.22. The molecule has 0 spiro atoms. The highest BCUT2D eigenvalue weighted by molar-refractivity contribution is 7.92. The maximum Gasteiger partial charge on any atom is 0.338 e. The highest BCUT2D eigenvalue weighted by atomic mass is 32.2.